The van der Waals surface area contributed by atoms with Gasteiger partial charge in [0, 0.05) is 6.26 Å². The van der Waals surface area contributed by atoms with Gasteiger partial charge in [0.05, 0.1) is 31.2 Å². The Bertz CT molecular complexity index is 1010. The fourth-order valence-corrected chi connectivity index (χ4v) is 3.19. The predicted molar refractivity (Wildman–Crippen MR) is 105 cm³/mol. The number of rotatable bonds is 5. The van der Waals surface area contributed by atoms with Gasteiger partial charge in [-0.1, -0.05) is 40.9 Å². The van der Waals surface area contributed by atoms with Crippen molar-refractivity contribution in [3.63, 3.8) is 0 Å². The summed E-state index contributed by atoms with van der Waals surface area (Å²) in [5, 5.41) is 2.90. The van der Waals surface area contributed by atoms with E-state index in [4.69, 9.17) is 39.5 Å². The summed E-state index contributed by atoms with van der Waals surface area (Å²) >= 11 is 17.8. The lowest BCUT2D eigenvalue weighted by Crippen LogP contribution is -2.30. The van der Waals surface area contributed by atoms with Crippen LogP contribution in [0.15, 0.2) is 41.3 Å². The molecule has 0 aliphatic heterocycles. The van der Waals surface area contributed by atoms with Gasteiger partial charge in [-0.2, -0.15) is 0 Å². The van der Waals surface area contributed by atoms with E-state index in [9.17, 15) is 18.0 Å². The highest BCUT2D eigenvalue weighted by Gasteiger charge is 2.23. The Balaban J connectivity index is 2.15. The van der Waals surface area contributed by atoms with E-state index in [1.807, 2.05) is 0 Å². The van der Waals surface area contributed by atoms with E-state index in [-0.39, 0.29) is 31.2 Å². The molecule has 0 saturated carbocycles. The van der Waals surface area contributed by atoms with Crippen molar-refractivity contribution in [1.29, 1.82) is 0 Å². The van der Waals surface area contributed by atoms with Gasteiger partial charge in [-0.3, -0.25) is 4.79 Å². The molecule has 0 saturated heterocycles. The van der Waals surface area contributed by atoms with Crippen molar-refractivity contribution < 1.29 is 22.7 Å². The van der Waals surface area contributed by atoms with Crippen LogP contribution in [0.4, 0.5) is 5.69 Å². The van der Waals surface area contributed by atoms with E-state index >= 15 is 0 Å². The van der Waals surface area contributed by atoms with E-state index in [1.54, 1.807) is 12.1 Å². The van der Waals surface area contributed by atoms with Crippen molar-refractivity contribution in [2.75, 3.05) is 11.6 Å². The van der Waals surface area contributed by atoms with Gasteiger partial charge in [0.25, 0.3) is 5.91 Å². The van der Waals surface area contributed by atoms with Crippen molar-refractivity contribution in [3.05, 3.63) is 57.0 Å². The second-order valence-electron chi connectivity index (χ2n) is 5.55. The van der Waals surface area contributed by atoms with E-state index in [2.05, 4.69) is 5.32 Å². The maximum absolute atomic E-state index is 12.3. The summed E-state index contributed by atoms with van der Waals surface area (Å²) in [5.41, 5.74) is 0.0919. The van der Waals surface area contributed by atoms with Crippen LogP contribution in [0.5, 0.6) is 0 Å². The Kier molecular flexibility index (Phi) is 6.75. The van der Waals surface area contributed by atoms with Gasteiger partial charge in [-0.25, -0.2) is 13.2 Å². The van der Waals surface area contributed by atoms with Crippen LogP contribution in [0, 0.1) is 0 Å². The van der Waals surface area contributed by atoms with Crippen molar-refractivity contribution in [3.8, 4) is 0 Å². The van der Waals surface area contributed by atoms with Gasteiger partial charge in [-0.05, 0) is 37.3 Å². The molecule has 1 atom stereocenters. The molecule has 0 aliphatic rings. The Hall–Kier alpha value is -1.80. The Morgan fingerprint density at radius 2 is 1.74 bits per heavy atom. The van der Waals surface area contributed by atoms with Crippen molar-refractivity contribution in [1.82, 2.24) is 0 Å². The summed E-state index contributed by atoms with van der Waals surface area (Å²) in [6.45, 7) is 1.35. The molecule has 0 aromatic heterocycles. The number of carbonyl (C=O) groups is 2. The number of hydrogen-bond donors (Lipinski definition) is 1. The summed E-state index contributed by atoms with van der Waals surface area (Å²) in [6, 6.07) is 8.32. The quantitative estimate of drug-likeness (QED) is 0.688. The summed E-state index contributed by atoms with van der Waals surface area (Å²) in [5.74, 6) is -1.59. The van der Waals surface area contributed by atoms with Gasteiger partial charge in [0.15, 0.2) is 15.9 Å². The Labute approximate surface area is 171 Å². The molecular formula is C17H14Cl3NO5S. The summed E-state index contributed by atoms with van der Waals surface area (Å²) in [7, 11) is -3.54. The third-order valence-electron chi connectivity index (χ3n) is 3.45. The maximum atomic E-state index is 12.3. The molecule has 2 rings (SSSR count). The van der Waals surface area contributed by atoms with Gasteiger partial charge >= 0.3 is 5.97 Å². The van der Waals surface area contributed by atoms with Crippen molar-refractivity contribution in [2.24, 2.45) is 0 Å². The zero-order chi connectivity index (χ0) is 20.4. The van der Waals surface area contributed by atoms with Crippen LogP contribution < -0.4 is 5.32 Å². The maximum Gasteiger partial charge on any atom is 0.340 e. The molecule has 2 aromatic carbocycles. The largest absolute Gasteiger partial charge is 0.449 e. The highest BCUT2D eigenvalue weighted by atomic mass is 35.5. The number of halogens is 3. The summed E-state index contributed by atoms with van der Waals surface area (Å²) in [6.07, 6.45) is -0.207. The minimum Gasteiger partial charge on any atom is -0.449 e. The molecule has 0 unspecified atom stereocenters. The predicted octanol–water partition coefficient (Wildman–Crippen LogP) is 4.23. The molecule has 0 radical (unpaired) electrons. The highest BCUT2D eigenvalue weighted by molar-refractivity contribution is 7.90. The first kappa shape index (κ1) is 21.5. The molecule has 2 aromatic rings. The number of benzene rings is 2. The number of ether oxygens (including phenoxy) is 1. The first-order valence-corrected chi connectivity index (χ1v) is 10.5. The van der Waals surface area contributed by atoms with E-state index in [1.165, 1.54) is 25.1 Å². The molecular weight excluding hydrogens is 437 g/mol. The lowest BCUT2D eigenvalue weighted by Gasteiger charge is -2.15. The molecule has 0 spiro atoms. The number of hydrogen-bond acceptors (Lipinski definition) is 5. The molecule has 10 heteroatoms. The molecule has 27 heavy (non-hydrogen) atoms. The van der Waals surface area contributed by atoms with Crippen LogP contribution >= 0.6 is 34.8 Å². The molecule has 0 heterocycles. The summed E-state index contributed by atoms with van der Waals surface area (Å²) in [4.78, 5) is 24.4. The minimum absolute atomic E-state index is 0.00195. The Morgan fingerprint density at radius 1 is 1.07 bits per heavy atom. The van der Waals surface area contributed by atoms with Crippen molar-refractivity contribution in [2.45, 2.75) is 17.9 Å². The first-order valence-electron chi connectivity index (χ1n) is 7.46. The standard InChI is InChI=1S/C17H14Cl3NO5S/c1-9(16(22)21-14-5-3-4-13(19)15(14)20)26-17(23)11-8-10(27(2,24)25)6-7-12(11)18/h3-9H,1-2H3,(H,21,22)/t9-/m0/s1. The van der Waals surface area contributed by atoms with Crippen LogP contribution in [-0.2, 0) is 19.4 Å². The number of nitrogens with one attached hydrogen (secondary N) is 1. The number of amides is 1. The van der Waals surface area contributed by atoms with Gasteiger partial charge in [0.2, 0.25) is 0 Å². The van der Waals surface area contributed by atoms with E-state index in [0.29, 0.717) is 0 Å². The second kappa shape index (κ2) is 8.48. The lowest BCUT2D eigenvalue weighted by atomic mass is 10.2. The smallest absolute Gasteiger partial charge is 0.340 e. The van der Waals surface area contributed by atoms with Crippen LogP contribution in [0.1, 0.15) is 17.3 Å². The molecule has 6 nitrogen and oxygen atoms in total. The average molecular weight is 451 g/mol. The molecule has 0 bridgehead atoms. The lowest BCUT2D eigenvalue weighted by molar-refractivity contribution is -0.123. The highest BCUT2D eigenvalue weighted by Crippen LogP contribution is 2.29. The van der Waals surface area contributed by atoms with Crippen LogP contribution in [0.3, 0.4) is 0 Å². The van der Waals surface area contributed by atoms with Crippen LogP contribution in [0.25, 0.3) is 0 Å². The third kappa shape index (κ3) is 5.35. The van der Waals surface area contributed by atoms with Gasteiger partial charge in [-0.15, -0.1) is 0 Å². The SMILES string of the molecule is C[C@H](OC(=O)c1cc(S(C)(=O)=O)ccc1Cl)C(=O)Nc1cccc(Cl)c1Cl. The Morgan fingerprint density at radius 3 is 2.37 bits per heavy atom. The average Bonchev–Trinajstić information content (AvgIpc) is 2.58. The molecule has 1 amide bonds. The number of carbonyl (C=O) groups excluding carboxylic acids is 2. The zero-order valence-corrected chi connectivity index (χ0v) is 17.2. The molecule has 1 N–H and O–H groups in total. The monoisotopic (exact) mass is 449 g/mol. The van der Waals surface area contributed by atoms with Crippen molar-refractivity contribution >= 4 is 62.2 Å². The molecule has 0 aliphatic carbocycles. The number of esters is 1. The normalized spacial score (nSPS) is 12.3. The van der Waals surface area contributed by atoms with Crippen LogP contribution in [0.2, 0.25) is 15.1 Å². The number of sulfone groups is 1. The van der Waals surface area contributed by atoms with E-state index < -0.39 is 27.8 Å². The fourth-order valence-electron chi connectivity index (χ4n) is 2.00. The zero-order valence-electron chi connectivity index (χ0n) is 14.1. The van der Waals surface area contributed by atoms with Crippen LogP contribution in [-0.4, -0.2) is 32.7 Å². The van der Waals surface area contributed by atoms with Gasteiger partial charge in [0.1, 0.15) is 0 Å². The third-order valence-corrected chi connectivity index (χ3v) is 5.71. The first-order chi connectivity index (χ1) is 12.5. The topological polar surface area (TPSA) is 89.5 Å². The van der Waals surface area contributed by atoms with Gasteiger partial charge < -0.3 is 10.1 Å². The summed E-state index contributed by atoms with van der Waals surface area (Å²) < 4.78 is 28.3. The van der Waals surface area contributed by atoms with E-state index in [0.717, 1.165) is 12.3 Å². The minimum atomic E-state index is -3.54. The molecule has 0 fully saturated rings. The molecule has 144 valence electrons. The fraction of sp³-hybridized carbons (Fsp3) is 0.176. The number of anilines is 1. The second-order valence-corrected chi connectivity index (χ2v) is 8.76.